The molecule has 196 valence electrons. The molecule has 3 aromatic carbocycles. The number of nitrogens with one attached hydrogen (secondary N) is 1. The fourth-order valence-corrected chi connectivity index (χ4v) is 5.04. The number of hydrogen-bond donors (Lipinski definition) is 1. The normalized spacial score (nSPS) is 14.4. The van der Waals surface area contributed by atoms with Gasteiger partial charge in [0, 0.05) is 11.6 Å². The number of halogens is 1. The summed E-state index contributed by atoms with van der Waals surface area (Å²) in [6.07, 6.45) is 3.79. The molecule has 9 heteroatoms. The number of hydrogen-bond acceptors (Lipinski definition) is 5. The predicted octanol–water partition coefficient (Wildman–Crippen LogP) is 4.80. The minimum atomic E-state index is -1.17. The first kappa shape index (κ1) is 25.4. The molecule has 0 saturated heterocycles. The van der Waals surface area contributed by atoms with Gasteiger partial charge >= 0.3 is 0 Å². The summed E-state index contributed by atoms with van der Waals surface area (Å²) in [5.41, 5.74) is 1.77. The van der Waals surface area contributed by atoms with Crippen molar-refractivity contribution < 1.29 is 18.7 Å². The first-order chi connectivity index (χ1) is 18.6. The van der Waals surface area contributed by atoms with Crippen LogP contribution in [0.1, 0.15) is 44.2 Å². The van der Waals surface area contributed by atoms with E-state index in [4.69, 9.17) is 4.74 Å². The summed E-state index contributed by atoms with van der Waals surface area (Å²) in [6, 6.07) is 19.2. The lowest BCUT2D eigenvalue weighted by Gasteiger charge is -2.33. The van der Waals surface area contributed by atoms with Crippen molar-refractivity contribution in [3.8, 4) is 5.75 Å². The maximum Gasteiger partial charge on any atom is 0.249 e. The number of aromatic nitrogens is 3. The number of nitrogens with zero attached hydrogens (tertiary/aromatic N) is 4. The molecule has 0 aliphatic heterocycles. The molecule has 1 fully saturated rings. The first-order valence-corrected chi connectivity index (χ1v) is 12.9. The fraction of sp³-hybridized carbons (Fsp3) is 0.310. The van der Waals surface area contributed by atoms with Crippen molar-refractivity contribution in [3.05, 3.63) is 84.2 Å². The number of para-hydroxylation sites is 3. The zero-order valence-electron chi connectivity index (χ0n) is 21.2. The number of rotatable bonds is 9. The standard InChI is InChI=1S/C29H30FN5O3/c1-2-38-26-18-10-5-13-21(26)28(29(37)31-20-11-3-4-12-20)35(24-16-8-6-14-22(24)30)27(36)19-34-25-17-9-7-15-23(25)32-33-34/h5-10,13-18,20,28H,2-4,11-12,19H2,1H3,(H,31,37)/t28-/m1/s1. The molecule has 0 spiro atoms. The molecule has 5 rings (SSSR count). The van der Waals surface area contributed by atoms with Gasteiger partial charge in [0.1, 0.15) is 29.7 Å². The highest BCUT2D eigenvalue weighted by Gasteiger charge is 2.37. The quantitative estimate of drug-likeness (QED) is 0.346. The lowest BCUT2D eigenvalue weighted by atomic mass is 10.0. The van der Waals surface area contributed by atoms with E-state index in [2.05, 4.69) is 15.6 Å². The number of anilines is 1. The minimum absolute atomic E-state index is 0.000190. The van der Waals surface area contributed by atoms with Crippen LogP contribution in [0.3, 0.4) is 0 Å². The summed E-state index contributed by atoms with van der Waals surface area (Å²) in [5.74, 6) is -1.05. The third kappa shape index (κ3) is 5.22. The van der Waals surface area contributed by atoms with Crippen LogP contribution < -0.4 is 15.0 Å². The number of carbonyl (C=O) groups excluding carboxylic acids is 2. The SMILES string of the molecule is CCOc1ccccc1[C@H](C(=O)NC1CCCC1)N(C(=O)Cn1nnc2ccccc21)c1ccccc1F. The van der Waals surface area contributed by atoms with Crippen LogP contribution >= 0.6 is 0 Å². The summed E-state index contributed by atoms with van der Waals surface area (Å²) in [6.45, 7) is 1.98. The summed E-state index contributed by atoms with van der Waals surface area (Å²) in [7, 11) is 0. The molecule has 2 amide bonds. The highest BCUT2D eigenvalue weighted by atomic mass is 19.1. The molecule has 4 aromatic rings. The molecule has 0 radical (unpaired) electrons. The number of benzene rings is 3. The lowest BCUT2D eigenvalue weighted by Crippen LogP contribution is -2.47. The van der Waals surface area contributed by atoms with E-state index in [1.807, 2.05) is 25.1 Å². The summed E-state index contributed by atoms with van der Waals surface area (Å²) in [4.78, 5) is 29.3. The number of ether oxygens (including phenoxy) is 1. The molecular weight excluding hydrogens is 485 g/mol. The maximum absolute atomic E-state index is 15.3. The van der Waals surface area contributed by atoms with Gasteiger partial charge < -0.3 is 10.1 Å². The van der Waals surface area contributed by atoms with Crippen LogP contribution in [-0.4, -0.2) is 39.5 Å². The van der Waals surface area contributed by atoms with Crippen LogP contribution in [0.25, 0.3) is 11.0 Å². The smallest absolute Gasteiger partial charge is 0.249 e. The highest BCUT2D eigenvalue weighted by molar-refractivity contribution is 6.02. The van der Waals surface area contributed by atoms with Crippen molar-refractivity contribution >= 4 is 28.5 Å². The van der Waals surface area contributed by atoms with Crippen LogP contribution in [0.2, 0.25) is 0 Å². The van der Waals surface area contributed by atoms with Crippen molar-refractivity contribution in [3.63, 3.8) is 0 Å². The maximum atomic E-state index is 15.3. The van der Waals surface area contributed by atoms with Gasteiger partial charge in [-0.2, -0.15) is 0 Å². The van der Waals surface area contributed by atoms with Gasteiger partial charge in [0.05, 0.1) is 17.8 Å². The van der Waals surface area contributed by atoms with E-state index in [1.54, 1.807) is 42.5 Å². The van der Waals surface area contributed by atoms with Crippen LogP contribution in [0.4, 0.5) is 10.1 Å². The van der Waals surface area contributed by atoms with Crippen LogP contribution in [0.5, 0.6) is 5.75 Å². The highest BCUT2D eigenvalue weighted by Crippen LogP contribution is 2.35. The van der Waals surface area contributed by atoms with E-state index < -0.39 is 17.8 Å². The van der Waals surface area contributed by atoms with Crippen molar-refractivity contribution in [1.82, 2.24) is 20.3 Å². The first-order valence-electron chi connectivity index (χ1n) is 12.9. The zero-order valence-corrected chi connectivity index (χ0v) is 21.2. The largest absolute Gasteiger partial charge is 0.493 e. The van der Waals surface area contributed by atoms with E-state index in [9.17, 15) is 9.59 Å². The number of carbonyl (C=O) groups is 2. The lowest BCUT2D eigenvalue weighted by molar-refractivity contribution is -0.127. The molecule has 1 heterocycles. The van der Waals surface area contributed by atoms with Gasteiger partial charge in [0.2, 0.25) is 11.8 Å². The molecule has 38 heavy (non-hydrogen) atoms. The van der Waals surface area contributed by atoms with Gasteiger partial charge in [-0.05, 0) is 50.1 Å². The summed E-state index contributed by atoms with van der Waals surface area (Å²) < 4.78 is 22.7. The predicted molar refractivity (Wildman–Crippen MR) is 142 cm³/mol. The van der Waals surface area contributed by atoms with Crippen LogP contribution in [-0.2, 0) is 16.1 Å². The Kier molecular flexibility index (Phi) is 7.62. The molecule has 1 N–H and O–H groups in total. The van der Waals surface area contributed by atoms with Gasteiger partial charge in [-0.1, -0.05) is 60.5 Å². The Morgan fingerprint density at radius 1 is 1.05 bits per heavy atom. The van der Waals surface area contributed by atoms with E-state index >= 15 is 4.39 Å². The molecule has 1 aliphatic rings. The van der Waals surface area contributed by atoms with Gasteiger partial charge in [0.25, 0.3) is 0 Å². The Labute approximate surface area is 220 Å². The minimum Gasteiger partial charge on any atom is -0.493 e. The van der Waals surface area contributed by atoms with Gasteiger partial charge in [-0.15, -0.1) is 5.10 Å². The van der Waals surface area contributed by atoms with E-state index in [0.717, 1.165) is 25.7 Å². The average molecular weight is 516 g/mol. The average Bonchev–Trinajstić information content (AvgIpc) is 3.59. The third-order valence-corrected chi connectivity index (χ3v) is 6.81. The topological polar surface area (TPSA) is 89.4 Å². The molecule has 1 atom stereocenters. The van der Waals surface area contributed by atoms with E-state index in [0.29, 0.717) is 29.0 Å². The Bertz CT molecular complexity index is 1430. The summed E-state index contributed by atoms with van der Waals surface area (Å²) >= 11 is 0. The van der Waals surface area contributed by atoms with Crippen molar-refractivity contribution in [2.45, 2.75) is 51.2 Å². The molecule has 1 aromatic heterocycles. The van der Waals surface area contributed by atoms with Gasteiger partial charge in [0.15, 0.2) is 0 Å². The fourth-order valence-electron chi connectivity index (χ4n) is 5.04. The molecule has 0 unspecified atom stereocenters. The molecular formula is C29H30FN5O3. The Morgan fingerprint density at radius 3 is 2.55 bits per heavy atom. The van der Waals surface area contributed by atoms with Crippen molar-refractivity contribution in [2.24, 2.45) is 0 Å². The second kappa shape index (κ2) is 11.4. The van der Waals surface area contributed by atoms with Crippen LogP contribution in [0, 0.1) is 5.82 Å². The molecule has 8 nitrogen and oxygen atoms in total. The monoisotopic (exact) mass is 515 g/mol. The van der Waals surface area contributed by atoms with Crippen molar-refractivity contribution in [1.29, 1.82) is 0 Å². The molecule has 0 bridgehead atoms. The number of amides is 2. The zero-order chi connectivity index (χ0) is 26.5. The van der Waals surface area contributed by atoms with Crippen molar-refractivity contribution in [2.75, 3.05) is 11.5 Å². The second-order valence-electron chi connectivity index (χ2n) is 9.31. The Balaban J connectivity index is 1.62. The Morgan fingerprint density at radius 2 is 1.76 bits per heavy atom. The van der Waals surface area contributed by atoms with E-state index in [-0.39, 0.29) is 24.2 Å². The molecule has 1 saturated carbocycles. The second-order valence-corrected chi connectivity index (χ2v) is 9.31. The van der Waals surface area contributed by atoms with E-state index in [1.165, 1.54) is 21.7 Å². The third-order valence-electron chi connectivity index (χ3n) is 6.81. The Hall–Kier alpha value is -4.27. The van der Waals surface area contributed by atoms with Gasteiger partial charge in [-0.3, -0.25) is 14.5 Å². The van der Waals surface area contributed by atoms with Crippen LogP contribution in [0.15, 0.2) is 72.8 Å². The molecule has 1 aliphatic carbocycles. The summed E-state index contributed by atoms with van der Waals surface area (Å²) in [5, 5.41) is 11.4. The number of fused-ring (bicyclic) bond motifs is 1. The van der Waals surface area contributed by atoms with Gasteiger partial charge in [-0.25, -0.2) is 9.07 Å².